The van der Waals surface area contributed by atoms with Crippen LogP contribution in [-0.4, -0.2) is 64.1 Å². The molecule has 30 heavy (non-hydrogen) atoms. The van der Waals surface area contributed by atoms with Crippen LogP contribution in [-0.2, 0) is 4.79 Å². The molecule has 1 saturated heterocycles. The first-order valence-corrected chi connectivity index (χ1v) is 11.3. The predicted octanol–water partition coefficient (Wildman–Crippen LogP) is 1.81. The monoisotopic (exact) mass is 412 g/mol. The Morgan fingerprint density at radius 3 is 2.53 bits per heavy atom. The Bertz CT molecular complexity index is 843. The number of anilines is 1. The van der Waals surface area contributed by atoms with Gasteiger partial charge in [0.15, 0.2) is 0 Å². The van der Waals surface area contributed by atoms with Crippen LogP contribution in [0, 0.1) is 17.8 Å². The number of aliphatic hydroxyl groups is 1. The molecule has 7 heteroatoms. The molecule has 5 fully saturated rings. The van der Waals surface area contributed by atoms with E-state index in [0.29, 0.717) is 43.1 Å². The fourth-order valence-corrected chi connectivity index (χ4v) is 6.74. The maximum absolute atomic E-state index is 13.1. The molecule has 1 aromatic heterocycles. The van der Waals surface area contributed by atoms with Crippen LogP contribution in [0.15, 0.2) is 18.2 Å². The molecule has 1 aliphatic heterocycles. The number of pyridine rings is 1. The average Bonchev–Trinajstić information content (AvgIpc) is 2.69. The van der Waals surface area contributed by atoms with Crippen LogP contribution in [0.5, 0.6) is 0 Å². The van der Waals surface area contributed by atoms with E-state index >= 15 is 0 Å². The lowest BCUT2D eigenvalue weighted by Gasteiger charge is -2.58. The Morgan fingerprint density at radius 1 is 1.17 bits per heavy atom. The maximum atomic E-state index is 13.1. The van der Waals surface area contributed by atoms with Gasteiger partial charge in [0.05, 0.1) is 5.60 Å². The van der Waals surface area contributed by atoms with Crippen molar-refractivity contribution in [3.63, 3.8) is 0 Å². The first-order chi connectivity index (χ1) is 14.3. The number of carbonyl (C=O) groups excluding carboxylic acids is 2. The number of rotatable bonds is 3. The van der Waals surface area contributed by atoms with Gasteiger partial charge in [-0.15, -0.1) is 0 Å². The van der Waals surface area contributed by atoms with Gasteiger partial charge in [-0.3, -0.25) is 9.59 Å². The summed E-state index contributed by atoms with van der Waals surface area (Å²) >= 11 is 0. The molecular weight excluding hydrogens is 380 g/mol. The minimum Gasteiger partial charge on any atom is -0.390 e. The van der Waals surface area contributed by atoms with Gasteiger partial charge in [-0.25, -0.2) is 4.98 Å². The van der Waals surface area contributed by atoms with Gasteiger partial charge < -0.3 is 20.2 Å². The highest BCUT2D eigenvalue weighted by atomic mass is 16.3. The lowest BCUT2D eigenvalue weighted by molar-refractivity contribution is -0.137. The van der Waals surface area contributed by atoms with Gasteiger partial charge in [-0.05, 0) is 68.9 Å². The highest BCUT2D eigenvalue weighted by molar-refractivity contribution is 5.93. The molecule has 2 N–H and O–H groups in total. The second kappa shape index (κ2) is 7.22. The van der Waals surface area contributed by atoms with Crippen LogP contribution < -0.4 is 10.2 Å². The summed E-state index contributed by atoms with van der Waals surface area (Å²) in [6, 6.07) is 5.91. The number of carbonyl (C=O) groups is 2. The molecule has 5 aliphatic rings. The van der Waals surface area contributed by atoms with E-state index in [1.54, 1.807) is 13.0 Å². The smallest absolute Gasteiger partial charge is 0.270 e. The van der Waals surface area contributed by atoms with Gasteiger partial charge in [0.1, 0.15) is 11.5 Å². The number of nitrogens with one attached hydrogen (secondary N) is 1. The summed E-state index contributed by atoms with van der Waals surface area (Å²) in [5.74, 6) is 2.16. The van der Waals surface area contributed by atoms with E-state index in [2.05, 4.69) is 22.1 Å². The molecule has 0 aromatic carbocycles. The zero-order valence-electron chi connectivity index (χ0n) is 17.9. The summed E-state index contributed by atoms with van der Waals surface area (Å²) in [5, 5.41) is 14.0. The Hall–Kier alpha value is -2.15. The molecule has 1 aromatic rings. The Kier molecular flexibility index (Phi) is 4.76. The summed E-state index contributed by atoms with van der Waals surface area (Å²) in [6.07, 6.45) is 4.82. The number of piperazine rings is 1. The van der Waals surface area contributed by atoms with Crippen LogP contribution in [0.3, 0.4) is 0 Å². The van der Waals surface area contributed by atoms with E-state index in [1.165, 1.54) is 0 Å². The zero-order chi connectivity index (χ0) is 21.0. The Labute approximate surface area is 177 Å². The van der Waals surface area contributed by atoms with Gasteiger partial charge in [-0.2, -0.15) is 0 Å². The molecule has 4 aliphatic carbocycles. The van der Waals surface area contributed by atoms with Gasteiger partial charge in [-0.1, -0.05) is 6.07 Å². The van der Waals surface area contributed by atoms with Crippen molar-refractivity contribution >= 4 is 17.6 Å². The van der Waals surface area contributed by atoms with Gasteiger partial charge >= 0.3 is 0 Å². The lowest BCUT2D eigenvalue weighted by atomic mass is 9.52. The first kappa shape index (κ1) is 19.8. The summed E-state index contributed by atoms with van der Waals surface area (Å²) in [5.41, 5.74) is -0.0464. The quantitative estimate of drug-likeness (QED) is 0.791. The van der Waals surface area contributed by atoms with Crippen molar-refractivity contribution in [3.05, 3.63) is 23.9 Å². The predicted molar refractivity (Wildman–Crippen MR) is 113 cm³/mol. The molecule has 2 amide bonds. The van der Waals surface area contributed by atoms with Crippen LogP contribution in [0.1, 0.15) is 56.4 Å². The molecule has 7 nitrogen and oxygen atoms in total. The van der Waals surface area contributed by atoms with Crippen molar-refractivity contribution in [2.24, 2.45) is 17.8 Å². The minimum absolute atomic E-state index is 0.0999. The second-order valence-electron chi connectivity index (χ2n) is 10.1. The van der Waals surface area contributed by atoms with E-state index in [9.17, 15) is 14.7 Å². The van der Waals surface area contributed by atoms with Crippen molar-refractivity contribution in [2.75, 3.05) is 24.5 Å². The number of nitrogens with zero attached hydrogens (tertiary/aromatic N) is 3. The Balaban J connectivity index is 1.28. The summed E-state index contributed by atoms with van der Waals surface area (Å²) in [6.45, 7) is 5.75. The van der Waals surface area contributed by atoms with Crippen LogP contribution >= 0.6 is 0 Å². The van der Waals surface area contributed by atoms with Crippen LogP contribution in [0.4, 0.5) is 5.82 Å². The summed E-state index contributed by atoms with van der Waals surface area (Å²) in [4.78, 5) is 33.4. The van der Waals surface area contributed by atoms with Crippen molar-refractivity contribution in [2.45, 2.75) is 63.6 Å². The zero-order valence-corrected chi connectivity index (χ0v) is 17.9. The third-order valence-corrected chi connectivity index (χ3v) is 7.87. The van der Waals surface area contributed by atoms with E-state index in [4.69, 9.17) is 0 Å². The van der Waals surface area contributed by atoms with E-state index in [1.807, 2.05) is 17.0 Å². The fourth-order valence-electron chi connectivity index (χ4n) is 6.74. The normalized spacial score (nSPS) is 37.4. The second-order valence-corrected chi connectivity index (χ2v) is 10.1. The molecule has 4 bridgehead atoms. The molecule has 4 saturated carbocycles. The average molecular weight is 413 g/mol. The molecule has 0 radical (unpaired) electrons. The standard InChI is InChI=1S/C23H32N4O3/c1-14-13-26(15(2)28)6-7-27(14)20-5-3-4-19(24-20)22(29)25-21-17-8-16-9-18(21)12-23(30,10-16)11-17/h3-5,14,16-18,21,30H,6-13H2,1-2H3,(H,25,29)/t14-,16?,17?,18?,21?,23?/m1/s1. The Morgan fingerprint density at radius 2 is 1.90 bits per heavy atom. The van der Waals surface area contributed by atoms with Gasteiger partial charge in [0.2, 0.25) is 5.91 Å². The van der Waals surface area contributed by atoms with E-state index in [-0.39, 0.29) is 23.9 Å². The fraction of sp³-hybridized carbons (Fsp3) is 0.696. The molecule has 2 unspecified atom stereocenters. The number of hydrogen-bond donors (Lipinski definition) is 2. The maximum Gasteiger partial charge on any atom is 0.270 e. The molecule has 3 atom stereocenters. The van der Waals surface area contributed by atoms with Crippen LogP contribution in [0.2, 0.25) is 0 Å². The van der Waals surface area contributed by atoms with Gasteiger partial charge in [0, 0.05) is 38.6 Å². The van der Waals surface area contributed by atoms with Crippen molar-refractivity contribution in [1.82, 2.24) is 15.2 Å². The SMILES string of the molecule is CC(=O)N1CCN(c2cccc(C(=O)NC3C4CC5CC3CC(O)(C5)C4)n2)[C@H](C)C1. The summed E-state index contributed by atoms with van der Waals surface area (Å²) in [7, 11) is 0. The minimum atomic E-state index is -0.492. The van der Waals surface area contributed by atoms with E-state index in [0.717, 1.165) is 37.9 Å². The number of aromatic nitrogens is 1. The molecule has 6 rings (SSSR count). The number of amides is 2. The van der Waals surface area contributed by atoms with Gasteiger partial charge in [0.25, 0.3) is 5.91 Å². The summed E-state index contributed by atoms with van der Waals surface area (Å²) < 4.78 is 0. The molecular formula is C23H32N4O3. The number of hydrogen-bond acceptors (Lipinski definition) is 5. The van der Waals surface area contributed by atoms with Crippen molar-refractivity contribution in [3.8, 4) is 0 Å². The lowest BCUT2D eigenvalue weighted by Crippen LogP contribution is -2.61. The van der Waals surface area contributed by atoms with E-state index < -0.39 is 5.60 Å². The first-order valence-electron chi connectivity index (χ1n) is 11.3. The topological polar surface area (TPSA) is 85.8 Å². The third kappa shape index (κ3) is 3.47. The molecule has 0 spiro atoms. The molecule has 162 valence electrons. The highest BCUT2D eigenvalue weighted by Gasteiger charge is 2.55. The van der Waals surface area contributed by atoms with Crippen LogP contribution in [0.25, 0.3) is 0 Å². The highest BCUT2D eigenvalue weighted by Crippen LogP contribution is 2.55. The largest absolute Gasteiger partial charge is 0.390 e. The molecule has 2 heterocycles. The van der Waals surface area contributed by atoms with Crippen molar-refractivity contribution in [1.29, 1.82) is 0 Å². The van der Waals surface area contributed by atoms with Crippen molar-refractivity contribution < 1.29 is 14.7 Å². The third-order valence-electron chi connectivity index (χ3n) is 7.87.